The summed E-state index contributed by atoms with van der Waals surface area (Å²) in [4.78, 5) is 11.8. The third kappa shape index (κ3) is 3.86. The standard InChI is InChI=1S/C14H11FN2OS/c15-11-7-4-8-12(9-11)16-14(19)17-13(18)10-5-2-1-3-6-10/h1-9H,(H2,16,17,18,19). The molecule has 0 saturated carbocycles. The summed E-state index contributed by atoms with van der Waals surface area (Å²) >= 11 is 4.99. The highest BCUT2D eigenvalue weighted by Gasteiger charge is 2.07. The zero-order valence-corrected chi connectivity index (χ0v) is 10.7. The van der Waals surface area contributed by atoms with E-state index >= 15 is 0 Å². The monoisotopic (exact) mass is 274 g/mol. The maximum Gasteiger partial charge on any atom is 0.257 e. The van der Waals surface area contributed by atoms with Crippen molar-refractivity contribution in [1.82, 2.24) is 5.32 Å². The fraction of sp³-hybridized carbons (Fsp3) is 0. The minimum Gasteiger partial charge on any atom is -0.332 e. The first-order valence-electron chi connectivity index (χ1n) is 5.58. The summed E-state index contributed by atoms with van der Waals surface area (Å²) in [6.45, 7) is 0. The van der Waals surface area contributed by atoms with E-state index in [1.807, 2.05) is 6.07 Å². The number of amides is 1. The molecule has 0 fully saturated rings. The molecule has 0 aliphatic heterocycles. The average molecular weight is 274 g/mol. The molecule has 0 aliphatic rings. The van der Waals surface area contributed by atoms with Gasteiger partial charge in [0, 0.05) is 11.3 Å². The van der Waals surface area contributed by atoms with E-state index < -0.39 is 0 Å². The Labute approximate surface area is 115 Å². The van der Waals surface area contributed by atoms with Gasteiger partial charge in [-0.25, -0.2) is 4.39 Å². The molecule has 0 unspecified atom stereocenters. The van der Waals surface area contributed by atoms with Crippen LogP contribution in [0.25, 0.3) is 0 Å². The van der Waals surface area contributed by atoms with E-state index in [-0.39, 0.29) is 16.8 Å². The minimum atomic E-state index is -0.373. The van der Waals surface area contributed by atoms with Gasteiger partial charge in [-0.1, -0.05) is 24.3 Å². The molecule has 5 heteroatoms. The van der Waals surface area contributed by atoms with Crippen molar-refractivity contribution < 1.29 is 9.18 Å². The van der Waals surface area contributed by atoms with Crippen LogP contribution < -0.4 is 10.6 Å². The molecule has 0 bridgehead atoms. The highest BCUT2D eigenvalue weighted by molar-refractivity contribution is 7.80. The Balaban J connectivity index is 1.97. The van der Waals surface area contributed by atoms with Gasteiger partial charge in [0.15, 0.2) is 5.11 Å². The van der Waals surface area contributed by atoms with Crippen molar-refractivity contribution in [3.8, 4) is 0 Å². The van der Waals surface area contributed by atoms with E-state index in [0.29, 0.717) is 11.3 Å². The number of hydrogen-bond acceptors (Lipinski definition) is 2. The first kappa shape index (κ1) is 13.2. The first-order valence-corrected chi connectivity index (χ1v) is 5.99. The lowest BCUT2D eigenvalue weighted by atomic mass is 10.2. The molecule has 1 amide bonds. The Morgan fingerprint density at radius 3 is 2.47 bits per heavy atom. The maximum absolute atomic E-state index is 13.0. The van der Waals surface area contributed by atoms with Crippen molar-refractivity contribution in [2.75, 3.05) is 5.32 Å². The Bertz CT molecular complexity index is 601. The summed E-state index contributed by atoms with van der Waals surface area (Å²) < 4.78 is 13.0. The summed E-state index contributed by atoms with van der Waals surface area (Å²) in [6.07, 6.45) is 0. The molecule has 0 saturated heterocycles. The lowest BCUT2D eigenvalue weighted by molar-refractivity contribution is 0.0978. The maximum atomic E-state index is 13.0. The summed E-state index contributed by atoms with van der Waals surface area (Å²) in [5.74, 6) is -0.684. The van der Waals surface area contributed by atoms with E-state index in [9.17, 15) is 9.18 Å². The van der Waals surface area contributed by atoms with Crippen LogP contribution in [-0.2, 0) is 0 Å². The highest BCUT2D eigenvalue weighted by atomic mass is 32.1. The largest absolute Gasteiger partial charge is 0.332 e. The van der Waals surface area contributed by atoms with Crippen molar-refractivity contribution >= 4 is 28.9 Å². The van der Waals surface area contributed by atoms with Crippen molar-refractivity contribution in [2.45, 2.75) is 0 Å². The van der Waals surface area contributed by atoms with Crippen LogP contribution in [0.4, 0.5) is 10.1 Å². The van der Waals surface area contributed by atoms with Crippen LogP contribution in [0.2, 0.25) is 0 Å². The Morgan fingerprint density at radius 2 is 1.79 bits per heavy atom. The third-order valence-corrected chi connectivity index (χ3v) is 2.55. The van der Waals surface area contributed by atoms with E-state index in [0.717, 1.165) is 0 Å². The van der Waals surface area contributed by atoms with Gasteiger partial charge < -0.3 is 5.32 Å². The minimum absolute atomic E-state index is 0.124. The zero-order chi connectivity index (χ0) is 13.7. The SMILES string of the molecule is O=C(NC(=S)Nc1cccc(F)c1)c1ccccc1. The zero-order valence-electron chi connectivity index (χ0n) is 9.89. The predicted molar refractivity (Wildman–Crippen MR) is 76.5 cm³/mol. The fourth-order valence-corrected chi connectivity index (χ4v) is 1.70. The topological polar surface area (TPSA) is 41.1 Å². The smallest absolute Gasteiger partial charge is 0.257 e. The quantitative estimate of drug-likeness (QED) is 0.827. The lowest BCUT2D eigenvalue weighted by Crippen LogP contribution is -2.34. The van der Waals surface area contributed by atoms with E-state index in [1.54, 1.807) is 36.4 Å². The van der Waals surface area contributed by atoms with Crippen LogP contribution in [-0.4, -0.2) is 11.0 Å². The van der Waals surface area contributed by atoms with Gasteiger partial charge in [0.25, 0.3) is 5.91 Å². The molecule has 2 N–H and O–H groups in total. The van der Waals surface area contributed by atoms with Gasteiger partial charge in [0.1, 0.15) is 5.82 Å². The number of anilines is 1. The van der Waals surface area contributed by atoms with Crippen LogP contribution in [0.3, 0.4) is 0 Å². The summed E-state index contributed by atoms with van der Waals surface area (Å²) in [7, 11) is 0. The second-order valence-corrected chi connectivity index (χ2v) is 4.19. The summed E-state index contributed by atoms with van der Waals surface area (Å²) in [5.41, 5.74) is 0.990. The van der Waals surface area contributed by atoms with Crippen LogP contribution in [0.15, 0.2) is 54.6 Å². The molecule has 0 radical (unpaired) electrons. The van der Waals surface area contributed by atoms with Gasteiger partial charge in [-0.15, -0.1) is 0 Å². The summed E-state index contributed by atoms with van der Waals surface area (Å²) in [6, 6.07) is 14.5. The Kier molecular flexibility index (Phi) is 4.20. The molecule has 2 rings (SSSR count). The highest BCUT2D eigenvalue weighted by Crippen LogP contribution is 2.08. The number of thiocarbonyl (C=S) groups is 1. The molecule has 0 spiro atoms. The number of hydrogen-bond donors (Lipinski definition) is 2. The molecule has 0 aliphatic carbocycles. The van der Waals surface area contributed by atoms with Gasteiger partial charge in [-0.3, -0.25) is 10.1 Å². The normalized spacial score (nSPS) is 9.74. The number of rotatable bonds is 2. The van der Waals surface area contributed by atoms with E-state index in [4.69, 9.17) is 12.2 Å². The second kappa shape index (κ2) is 6.06. The molecular weight excluding hydrogens is 263 g/mol. The molecule has 19 heavy (non-hydrogen) atoms. The van der Waals surface area contributed by atoms with Crippen LogP contribution in [0.1, 0.15) is 10.4 Å². The molecule has 0 heterocycles. The van der Waals surface area contributed by atoms with Crippen molar-refractivity contribution in [2.24, 2.45) is 0 Å². The van der Waals surface area contributed by atoms with Gasteiger partial charge in [-0.05, 0) is 42.5 Å². The first-order chi connectivity index (χ1) is 9.15. The number of carbonyl (C=O) groups is 1. The van der Waals surface area contributed by atoms with Gasteiger partial charge in [0.2, 0.25) is 0 Å². The number of carbonyl (C=O) groups excluding carboxylic acids is 1. The fourth-order valence-electron chi connectivity index (χ4n) is 1.49. The van der Waals surface area contributed by atoms with Gasteiger partial charge in [0.05, 0.1) is 0 Å². The Morgan fingerprint density at radius 1 is 1.05 bits per heavy atom. The number of nitrogens with one attached hydrogen (secondary N) is 2. The molecule has 96 valence electrons. The van der Waals surface area contributed by atoms with Gasteiger partial charge in [-0.2, -0.15) is 0 Å². The third-order valence-electron chi connectivity index (χ3n) is 2.35. The molecule has 0 aromatic heterocycles. The van der Waals surface area contributed by atoms with Crippen molar-refractivity contribution in [3.05, 3.63) is 66.0 Å². The number of halogens is 1. The lowest BCUT2D eigenvalue weighted by Gasteiger charge is -2.09. The van der Waals surface area contributed by atoms with Gasteiger partial charge >= 0.3 is 0 Å². The van der Waals surface area contributed by atoms with E-state index in [1.165, 1.54) is 12.1 Å². The molecule has 2 aromatic carbocycles. The van der Waals surface area contributed by atoms with Crippen LogP contribution in [0.5, 0.6) is 0 Å². The van der Waals surface area contributed by atoms with Crippen molar-refractivity contribution in [1.29, 1.82) is 0 Å². The second-order valence-electron chi connectivity index (χ2n) is 3.78. The molecular formula is C14H11FN2OS. The van der Waals surface area contributed by atoms with Crippen molar-refractivity contribution in [3.63, 3.8) is 0 Å². The van der Waals surface area contributed by atoms with Crippen LogP contribution >= 0.6 is 12.2 Å². The molecule has 2 aromatic rings. The molecule has 0 atom stereocenters. The van der Waals surface area contributed by atoms with Crippen LogP contribution in [0, 0.1) is 5.82 Å². The summed E-state index contributed by atoms with van der Waals surface area (Å²) in [5, 5.41) is 5.39. The predicted octanol–water partition coefficient (Wildman–Crippen LogP) is 2.95. The Hall–Kier alpha value is -2.27. The number of benzene rings is 2. The average Bonchev–Trinajstić information content (AvgIpc) is 2.39. The molecule has 3 nitrogen and oxygen atoms in total. The van der Waals surface area contributed by atoms with E-state index in [2.05, 4.69) is 10.6 Å².